The molecule has 3 N–H and O–H groups in total. The predicted molar refractivity (Wildman–Crippen MR) is 82.2 cm³/mol. The van der Waals surface area contributed by atoms with E-state index in [4.69, 9.17) is 5.73 Å². The summed E-state index contributed by atoms with van der Waals surface area (Å²) in [6.45, 7) is 3.04. The van der Waals surface area contributed by atoms with Crippen LogP contribution in [-0.2, 0) is 27.3 Å². The zero-order valence-electron chi connectivity index (χ0n) is 12.6. The van der Waals surface area contributed by atoms with Crippen molar-refractivity contribution in [2.24, 2.45) is 5.73 Å². The molecule has 0 saturated carbocycles. The lowest BCUT2D eigenvalue weighted by molar-refractivity contribution is -0.149. The molecule has 1 aromatic heterocycles. The fourth-order valence-corrected chi connectivity index (χ4v) is 3.26. The lowest BCUT2D eigenvalue weighted by Gasteiger charge is -2.20. The summed E-state index contributed by atoms with van der Waals surface area (Å²) in [5, 5.41) is 2.86. The summed E-state index contributed by atoms with van der Waals surface area (Å²) in [5.74, 6) is -2.29. The third kappa shape index (κ3) is 3.67. The number of anilines is 1. The van der Waals surface area contributed by atoms with Crippen molar-refractivity contribution in [3.05, 3.63) is 10.6 Å². The Kier molecular flexibility index (Phi) is 5.22. The summed E-state index contributed by atoms with van der Waals surface area (Å²) in [6.07, 6.45) is 0.818. The molecule has 0 unspecified atom stereocenters. The van der Waals surface area contributed by atoms with E-state index in [1.807, 2.05) is 7.05 Å². The maximum Gasteiger partial charge on any atom is 0.318 e. The van der Waals surface area contributed by atoms with E-state index in [1.54, 1.807) is 0 Å². The monoisotopic (exact) mass is 325 g/mol. The molecule has 0 aliphatic carbocycles. The Morgan fingerprint density at radius 1 is 1.45 bits per heavy atom. The lowest BCUT2D eigenvalue weighted by atomic mass is 10.2. The molecule has 1 aliphatic heterocycles. The van der Waals surface area contributed by atoms with Crippen LogP contribution in [0.15, 0.2) is 0 Å². The zero-order valence-corrected chi connectivity index (χ0v) is 13.4. The van der Waals surface area contributed by atoms with Crippen molar-refractivity contribution < 1.29 is 14.4 Å². The van der Waals surface area contributed by atoms with Gasteiger partial charge in [0.15, 0.2) is 5.13 Å². The number of nitrogens with one attached hydrogen (secondary N) is 1. The Labute approximate surface area is 132 Å². The minimum Gasteiger partial charge on any atom is -0.329 e. The molecule has 0 radical (unpaired) electrons. The van der Waals surface area contributed by atoms with Gasteiger partial charge in [0.2, 0.25) is 5.91 Å². The first kappa shape index (κ1) is 16.5. The van der Waals surface area contributed by atoms with Crippen LogP contribution < -0.4 is 11.1 Å². The Bertz CT molecular complexity index is 600. The second kappa shape index (κ2) is 6.95. The molecule has 0 aromatic carbocycles. The number of aromatic nitrogens is 1. The number of hydrogen-bond donors (Lipinski definition) is 2. The SMILES string of the molecule is CC(=O)N(CCN)C(=O)C(=O)Nc1nc2c(s1)CN(C)CC2. The lowest BCUT2D eigenvalue weighted by Crippen LogP contribution is -2.44. The van der Waals surface area contributed by atoms with Gasteiger partial charge in [-0.15, -0.1) is 11.3 Å². The van der Waals surface area contributed by atoms with Crippen molar-refractivity contribution in [3.8, 4) is 0 Å². The van der Waals surface area contributed by atoms with Crippen molar-refractivity contribution in [2.75, 3.05) is 32.0 Å². The first-order valence-electron chi connectivity index (χ1n) is 6.93. The van der Waals surface area contributed by atoms with Gasteiger partial charge in [-0.2, -0.15) is 0 Å². The molecule has 0 bridgehead atoms. The van der Waals surface area contributed by atoms with Crippen LogP contribution in [0, 0.1) is 0 Å². The van der Waals surface area contributed by atoms with E-state index in [2.05, 4.69) is 15.2 Å². The van der Waals surface area contributed by atoms with Crippen molar-refractivity contribution >= 4 is 34.2 Å². The van der Waals surface area contributed by atoms with Crippen LogP contribution in [0.4, 0.5) is 5.13 Å². The number of carbonyl (C=O) groups is 3. The molecule has 2 rings (SSSR count). The molecule has 0 spiro atoms. The molecule has 1 aliphatic rings. The van der Waals surface area contributed by atoms with Crippen molar-refractivity contribution in [1.82, 2.24) is 14.8 Å². The summed E-state index contributed by atoms with van der Waals surface area (Å²) in [7, 11) is 2.02. The highest BCUT2D eigenvalue weighted by molar-refractivity contribution is 7.16. The van der Waals surface area contributed by atoms with Gasteiger partial charge < -0.3 is 10.6 Å². The summed E-state index contributed by atoms with van der Waals surface area (Å²) in [4.78, 5) is 43.7. The highest BCUT2D eigenvalue weighted by Crippen LogP contribution is 2.27. The number of imide groups is 1. The third-order valence-electron chi connectivity index (χ3n) is 3.31. The fraction of sp³-hybridized carbons (Fsp3) is 0.538. The molecule has 0 atom stereocenters. The van der Waals surface area contributed by atoms with Crippen LogP contribution in [0.2, 0.25) is 0 Å². The van der Waals surface area contributed by atoms with Crippen LogP contribution in [0.3, 0.4) is 0 Å². The van der Waals surface area contributed by atoms with Gasteiger partial charge in [0.25, 0.3) is 0 Å². The van der Waals surface area contributed by atoms with Gasteiger partial charge in [0.1, 0.15) is 0 Å². The topological polar surface area (TPSA) is 109 Å². The maximum absolute atomic E-state index is 12.0. The number of hydrogen-bond acceptors (Lipinski definition) is 7. The van der Waals surface area contributed by atoms with Crippen molar-refractivity contribution in [3.63, 3.8) is 0 Å². The summed E-state index contributed by atoms with van der Waals surface area (Å²) >= 11 is 1.35. The Balaban J connectivity index is 2.05. The minimum atomic E-state index is -0.914. The van der Waals surface area contributed by atoms with E-state index in [0.29, 0.717) is 5.13 Å². The highest BCUT2D eigenvalue weighted by atomic mass is 32.1. The molecule has 9 heteroatoms. The molecule has 2 heterocycles. The van der Waals surface area contributed by atoms with Crippen molar-refractivity contribution in [2.45, 2.75) is 19.9 Å². The molecule has 120 valence electrons. The number of amides is 3. The number of likely N-dealkylation sites (N-methyl/N-ethyl adjacent to an activating group) is 1. The van der Waals surface area contributed by atoms with Crippen LogP contribution in [-0.4, -0.2) is 59.2 Å². The molecule has 0 fully saturated rings. The minimum absolute atomic E-state index is 0.0146. The van der Waals surface area contributed by atoms with E-state index >= 15 is 0 Å². The maximum atomic E-state index is 12.0. The molecule has 3 amide bonds. The van der Waals surface area contributed by atoms with Crippen LogP contribution in [0.1, 0.15) is 17.5 Å². The number of rotatable bonds is 3. The predicted octanol–water partition coefficient (Wildman–Crippen LogP) is -0.597. The Morgan fingerprint density at radius 3 is 2.82 bits per heavy atom. The van der Waals surface area contributed by atoms with Gasteiger partial charge in [-0.25, -0.2) is 4.98 Å². The van der Waals surface area contributed by atoms with Gasteiger partial charge in [-0.05, 0) is 7.05 Å². The smallest absolute Gasteiger partial charge is 0.318 e. The van der Waals surface area contributed by atoms with Gasteiger partial charge in [-0.3, -0.25) is 24.6 Å². The van der Waals surface area contributed by atoms with E-state index in [9.17, 15) is 14.4 Å². The standard InChI is InChI=1S/C13H19N5O3S/c1-8(19)18(6-4-14)12(21)11(20)16-13-15-9-3-5-17(2)7-10(9)22-13/h3-7,14H2,1-2H3,(H,15,16,20). The quantitative estimate of drug-likeness (QED) is 0.719. The highest BCUT2D eigenvalue weighted by Gasteiger charge is 2.26. The van der Waals surface area contributed by atoms with Crippen LogP contribution in [0.5, 0.6) is 0 Å². The molecule has 1 aromatic rings. The molecule has 0 saturated heterocycles. The number of carbonyl (C=O) groups excluding carboxylic acids is 3. The third-order valence-corrected chi connectivity index (χ3v) is 4.31. The number of thiazole rings is 1. The first-order valence-corrected chi connectivity index (χ1v) is 7.74. The normalized spacial score (nSPS) is 14.3. The summed E-state index contributed by atoms with van der Waals surface area (Å²) in [5.41, 5.74) is 6.30. The van der Waals surface area contributed by atoms with Crippen LogP contribution >= 0.6 is 11.3 Å². The Morgan fingerprint density at radius 2 is 2.18 bits per heavy atom. The van der Waals surface area contributed by atoms with Crippen molar-refractivity contribution in [1.29, 1.82) is 0 Å². The zero-order chi connectivity index (χ0) is 16.3. The van der Waals surface area contributed by atoms with Gasteiger partial charge in [-0.1, -0.05) is 0 Å². The second-order valence-electron chi connectivity index (χ2n) is 5.10. The Hall–Kier alpha value is -1.84. The first-order chi connectivity index (χ1) is 10.4. The number of nitrogens with zero attached hydrogens (tertiary/aromatic N) is 3. The van der Waals surface area contributed by atoms with Gasteiger partial charge in [0, 0.05) is 44.4 Å². The van der Waals surface area contributed by atoms with Gasteiger partial charge in [0.05, 0.1) is 5.69 Å². The average Bonchev–Trinajstić information content (AvgIpc) is 2.84. The average molecular weight is 325 g/mol. The van der Waals surface area contributed by atoms with E-state index < -0.39 is 17.7 Å². The van der Waals surface area contributed by atoms with Gasteiger partial charge >= 0.3 is 11.8 Å². The molecular weight excluding hydrogens is 306 g/mol. The van der Waals surface area contributed by atoms with Crippen LogP contribution in [0.25, 0.3) is 0 Å². The molecular formula is C13H19N5O3S. The molecule has 22 heavy (non-hydrogen) atoms. The van der Waals surface area contributed by atoms with E-state index in [-0.39, 0.29) is 13.1 Å². The second-order valence-corrected chi connectivity index (χ2v) is 6.18. The number of nitrogens with two attached hydrogens (primary N) is 1. The summed E-state index contributed by atoms with van der Waals surface area (Å²) in [6, 6.07) is 0. The fourth-order valence-electron chi connectivity index (χ4n) is 2.18. The van der Waals surface area contributed by atoms with E-state index in [0.717, 1.165) is 35.0 Å². The number of fused-ring (bicyclic) bond motifs is 1. The van der Waals surface area contributed by atoms with E-state index in [1.165, 1.54) is 18.3 Å². The summed E-state index contributed by atoms with van der Waals surface area (Å²) < 4.78 is 0. The molecule has 8 nitrogen and oxygen atoms in total. The largest absolute Gasteiger partial charge is 0.329 e.